The molecule has 0 fully saturated rings. The van der Waals surface area contributed by atoms with Gasteiger partial charge in [0.05, 0.1) is 24.4 Å². The van der Waals surface area contributed by atoms with Crippen molar-refractivity contribution in [1.29, 1.82) is 0 Å². The maximum atomic E-state index is 8.03. The van der Waals surface area contributed by atoms with Gasteiger partial charge in [-0.15, -0.1) is 0 Å². The van der Waals surface area contributed by atoms with E-state index < -0.39 is 0 Å². The highest BCUT2D eigenvalue weighted by Crippen LogP contribution is 2.42. The van der Waals surface area contributed by atoms with Crippen molar-refractivity contribution in [3.63, 3.8) is 0 Å². The van der Waals surface area contributed by atoms with Crippen LogP contribution >= 0.6 is 0 Å². The Bertz CT molecular complexity index is 2610. The Morgan fingerprint density at radius 1 is 0.360 bits per heavy atom. The summed E-state index contributed by atoms with van der Waals surface area (Å²) in [7, 11) is 0. The Morgan fingerprint density at radius 2 is 0.840 bits per heavy atom. The monoisotopic (exact) mass is 636 g/mol. The second-order valence-corrected chi connectivity index (χ2v) is 12.0. The molecule has 7 aromatic carbocycles. The van der Waals surface area contributed by atoms with Crippen LogP contribution in [0, 0.1) is 13.1 Å². The minimum absolute atomic E-state index is 0.443. The van der Waals surface area contributed by atoms with E-state index in [-0.39, 0.29) is 0 Å². The fourth-order valence-electron chi connectivity index (χ4n) is 6.48. The van der Waals surface area contributed by atoms with E-state index in [9.17, 15) is 0 Å². The van der Waals surface area contributed by atoms with Crippen LogP contribution in [0.4, 0.5) is 11.4 Å². The Morgan fingerprint density at radius 3 is 1.46 bits per heavy atom. The molecule has 0 aliphatic heterocycles. The van der Waals surface area contributed by atoms with E-state index >= 15 is 0 Å². The summed E-state index contributed by atoms with van der Waals surface area (Å²) in [5.74, 6) is 0.443. The summed E-state index contributed by atoms with van der Waals surface area (Å²) in [5, 5.41) is 0.827. The minimum atomic E-state index is 0.443. The van der Waals surface area contributed by atoms with Crippen molar-refractivity contribution >= 4 is 22.3 Å². The Hall–Kier alpha value is -7.14. The zero-order valence-corrected chi connectivity index (χ0v) is 27.0. The van der Waals surface area contributed by atoms with Crippen LogP contribution in [0.2, 0.25) is 0 Å². The van der Waals surface area contributed by atoms with Gasteiger partial charge >= 0.3 is 0 Å². The molecule has 0 saturated carbocycles. The van der Waals surface area contributed by atoms with Gasteiger partial charge < -0.3 is 0 Å². The first-order chi connectivity index (χ1) is 24.7. The first-order valence-electron chi connectivity index (χ1n) is 16.3. The quantitative estimate of drug-likeness (QED) is 0.170. The van der Waals surface area contributed by atoms with Gasteiger partial charge in [-0.2, -0.15) is 0 Å². The van der Waals surface area contributed by atoms with E-state index in [4.69, 9.17) is 23.1 Å². The van der Waals surface area contributed by atoms with Gasteiger partial charge in [0.15, 0.2) is 11.4 Å². The molecule has 0 N–H and O–H groups in total. The molecule has 0 atom stereocenters. The maximum Gasteiger partial charge on any atom is 0.198 e. The third-order valence-electron chi connectivity index (χ3n) is 8.93. The van der Waals surface area contributed by atoms with Crippen LogP contribution in [0.5, 0.6) is 0 Å². The Balaban J connectivity index is 1.47. The van der Waals surface area contributed by atoms with Crippen LogP contribution in [0.3, 0.4) is 0 Å². The van der Waals surface area contributed by atoms with Crippen LogP contribution < -0.4 is 0 Å². The normalized spacial score (nSPS) is 10.8. The van der Waals surface area contributed by atoms with Crippen LogP contribution in [0.15, 0.2) is 170 Å². The highest BCUT2D eigenvalue weighted by Gasteiger charge is 2.20. The first kappa shape index (κ1) is 30.2. The van der Waals surface area contributed by atoms with E-state index in [1.807, 2.05) is 66.7 Å². The summed E-state index contributed by atoms with van der Waals surface area (Å²) in [6.45, 7) is 15.9. The largest absolute Gasteiger partial charge is 0.237 e. The van der Waals surface area contributed by atoms with E-state index in [0.717, 1.165) is 61.0 Å². The highest BCUT2D eigenvalue weighted by atomic mass is 14.9. The zero-order chi connectivity index (χ0) is 33.9. The van der Waals surface area contributed by atoms with Crippen LogP contribution in [0.25, 0.3) is 87.7 Å². The van der Waals surface area contributed by atoms with Crippen molar-refractivity contribution in [2.24, 2.45) is 0 Å². The third-order valence-corrected chi connectivity index (χ3v) is 8.93. The number of fused-ring (bicyclic) bond motifs is 1. The Kier molecular flexibility index (Phi) is 7.95. The second-order valence-electron chi connectivity index (χ2n) is 12.0. The SMILES string of the molecule is [C-]#[N+]c1ccccc1-c1nc(-c2ccccc2[N+]#[C-])c2cc(-c3cccc(-c4ccccc4)c3)cc(-c3cccc(-c4ccccc4)c3)c2n1. The average Bonchev–Trinajstić information content (AvgIpc) is 3.20. The minimum Gasteiger partial charge on any atom is -0.237 e. The summed E-state index contributed by atoms with van der Waals surface area (Å²) in [6, 6.07) is 57.2. The standard InChI is InChI=1S/C46H28N4/c1-47-42-25-11-9-23-38(42)44-41-30-37(35-21-13-19-33(27-35)31-15-5-3-6-16-31)29-40(36-22-14-20-34(28-36)32-17-7-4-8-18-32)45(41)50-46(49-44)39-24-10-12-26-43(39)48-2/h3-30H. The molecule has 232 valence electrons. The number of aromatic nitrogens is 2. The maximum absolute atomic E-state index is 8.03. The van der Waals surface area contributed by atoms with Crippen LogP contribution in [-0.4, -0.2) is 9.97 Å². The summed E-state index contributed by atoms with van der Waals surface area (Å²) in [4.78, 5) is 18.1. The van der Waals surface area contributed by atoms with Gasteiger partial charge in [0.2, 0.25) is 0 Å². The average molecular weight is 637 g/mol. The van der Waals surface area contributed by atoms with Crippen molar-refractivity contribution in [3.8, 4) is 67.2 Å². The molecule has 8 rings (SSSR count). The molecule has 0 unspecified atom stereocenters. The second kappa shape index (κ2) is 13.2. The third kappa shape index (κ3) is 5.69. The van der Waals surface area contributed by atoms with E-state index in [1.54, 1.807) is 6.07 Å². The molecule has 0 radical (unpaired) electrons. The van der Waals surface area contributed by atoms with E-state index in [1.165, 1.54) is 0 Å². The molecule has 0 bridgehead atoms. The molecule has 4 nitrogen and oxygen atoms in total. The predicted octanol–water partition coefficient (Wildman–Crippen LogP) is 12.7. The molecule has 0 amide bonds. The fraction of sp³-hybridized carbons (Fsp3) is 0. The number of rotatable bonds is 6. The number of para-hydroxylation sites is 2. The highest BCUT2D eigenvalue weighted by molar-refractivity contribution is 6.06. The lowest BCUT2D eigenvalue weighted by atomic mass is 9.91. The molecular weight excluding hydrogens is 609 g/mol. The number of benzene rings is 7. The lowest BCUT2D eigenvalue weighted by molar-refractivity contribution is 1.23. The Labute approximate surface area is 291 Å². The molecular formula is C46H28N4. The molecule has 4 heteroatoms. The summed E-state index contributed by atoms with van der Waals surface area (Å²) < 4.78 is 0. The van der Waals surface area contributed by atoms with E-state index in [0.29, 0.717) is 28.5 Å². The van der Waals surface area contributed by atoms with Gasteiger partial charge in [-0.1, -0.05) is 146 Å². The smallest absolute Gasteiger partial charge is 0.198 e. The van der Waals surface area contributed by atoms with Crippen molar-refractivity contribution in [3.05, 3.63) is 193 Å². The summed E-state index contributed by atoms with van der Waals surface area (Å²) in [6.07, 6.45) is 0. The zero-order valence-electron chi connectivity index (χ0n) is 27.0. The summed E-state index contributed by atoms with van der Waals surface area (Å²) >= 11 is 0. The lowest BCUT2D eigenvalue weighted by Gasteiger charge is -2.17. The van der Waals surface area contributed by atoms with Crippen molar-refractivity contribution in [1.82, 2.24) is 9.97 Å². The molecule has 50 heavy (non-hydrogen) atoms. The molecule has 1 heterocycles. The van der Waals surface area contributed by atoms with Gasteiger partial charge in [-0.3, -0.25) is 0 Å². The topological polar surface area (TPSA) is 34.5 Å². The molecule has 0 aliphatic carbocycles. The van der Waals surface area contributed by atoms with Crippen molar-refractivity contribution in [2.45, 2.75) is 0 Å². The fourth-order valence-corrected chi connectivity index (χ4v) is 6.48. The molecule has 0 spiro atoms. The van der Waals surface area contributed by atoms with Gasteiger partial charge in [-0.05, 0) is 63.2 Å². The van der Waals surface area contributed by atoms with E-state index in [2.05, 4.69) is 107 Å². The van der Waals surface area contributed by atoms with Crippen LogP contribution in [0.1, 0.15) is 0 Å². The van der Waals surface area contributed by atoms with Gasteiger partial charge in [0.25, 0.3) is 0 Å². The van der Waals surface area contributed by atoms with Gasteiger partial charge in [0.1, 0.15) is 5.82 Å². The number of hydrogen-bond donors (Lipinski definition) is 0. The number of nitrogens with zero attached hydrogens (tertiary/aromatic N) is 4. The predicted molar refractivity (Wildman–Crippen MR) is 205 cm³/mol. The molecule has 8 aromatic rings. The molecule has 0 aliphatic rings. The first-order valence-corrected chi connectivity index (χ1v) is 16.3. The van der Waals surface area contributed by atoms with Gasteiger partial charge in [-0.25, -0.2) is 19.7 Å². The molecule has 1 aromatic heterocycles. The van der Waals surface area contributed by atoms with Crippen molar-refractivity contribution < 1.29 is 0 Å². The lowest BCUT2D eigenvalue weighted by Crippen LogP contribution is -1.98. The summed E-state index contributed by atoms with van der Waals surface area (Å²) in [5.41, 5.74) is 12.2. The molecule has 0 saturated heterocycles. The van der Waals surface area contributed by atoms with Crippen molar-refractivity contribution in [2.75, 3.05) is 0 Å². The van der Waals surface area contributed by atoms with Crippen LogP contribution in [-0.2, 0) is 0 Å². The number of hydrogen-bond acceptors (Lipinski definition) is 2. The van der Waals surface area contributed by atoms with Gasteiger partial charge in [0, 0.05) is 22.1 Å².